The third-order valence-corrected chi connectivity index (χ3v) is 3.51. The van der Waals surface area contributed by atoms with Crippen LogP contribution in [0.3, 0.4) is 0 Å². The Morgan fingerprint density at radius 2 is 1.76 bits per heavy atom. The molecule has 1 atom stereocenters. The van der Waals surface area contributed by atoms with Gasteiger partial charge in [-0.2, -0.15) is 0 Å². The lowest BCUT2D eigenvalue weighted by molar-refractivity contribution is 0.0280. The third kappa shape index (κ3) is 3.77. The minimum absolute atomic E-state index is 0.0747. The van der Waals surface area contributed by atoms with Crippen LogP contribution in [0.15, 0.2) is 52.9 Å². The maximum Gasteiger partial charge on any atom is 0.338 e. The summed E-state index contributed by atoms with van der Waals surface area (Å²) in [6.07, 6.45) is -0.708. The van der Waals surface area contributed by atoms with Gasteiger partial charge in [0.15, 0.2) is 6.10 Å². The molecule has 7 heteroatoms. The Kier molecular flexibility index (Phi) is 4.65. The van der Waals surface area contributed by atoms with Crippen LogP contribution >= 0.6 is 0 Å². The summed E-state index contributed by atoms with van der Waals surface area (Å²) in [4.78, 5) is 12.1. The molecule has 0 radical (unpaired) electrons. The molecule has 0 fully saturated rings. The number of hydrogen-bond donors (Lipinski definition) is 1. The van der Waals surface area contributed by atoms with E-state index >= 15 is 0 Å². The molecule has 0 spiro atoms. The molecule has 1 aromatic heterocycles. The quantitative estimate of drug-likeness (QED) is 0.711. The van der Waals surface area contributed by atoms with Gasteiger partial charge in [0.2, 0.25) is 5.89 Å². The van der Waals surface area contributed by atoms with Crippen molar-refractivity contribution in [3.8, 4) is 23.0 Å². The predicted molar refractivity (Wildman–Crippen MR) is 88.2 cm³/mol. The smallest absolute Gasteiger partial charge is 0.338 e. The monoisotopic (exact) mass is 340 g/mol. The van der Waals surface area contributed by atoms with Crippen molar-refractivity contribution in [3.63, 3.8) is 0 Å². The fraction of sp³-hybridized carbons (Fsp3) is 0.167. The maximum atomic E-state index is 12.1. The highest BCUT2D eigenvalue weighted by atomic mass is 16.6. The van der Waals surface area contributed by atoms with Crippen LogP contribution in [0, 0.1) is 0 Å². The Balaban J connectivity index is 1.70. The minimum atomic E-state index is -0.708. The third-order valence-electron chi connectivity index (χ3n) is 3.51. The highest BCUT2D eigenvalue weighted by molar-refractivity contribution is 5.89. The van der Waals surface area contributed by atoms with Gasteiger partial charge in [-0.15, -0.1) is 10.2 Å². The van der Waals surface area contributed by atoms with Crippen LogP contribution in [0.2, 0.25) is 0 Å². The number of methoxy groups -OCH3 is 1. The summed E-state index contributed by atoms with van der Waals surface area (Å²) in [5, 5.41) is 17.2. The van der Waals surface area contributed by atoms with Gasteiger partial charge in [0, 0.05) is 5.56 Å². The topological polar surface area (TPSA) is 94.7 Å². The molecule has 0 aliphatic rings. The predicted octanol–water partition coefficient (Wildman–Crippen LogP) is 3.37. The number of benzene rings is 2. The Bertz CT molecular complexity index is 856. The highest BCUT2D eigenvalue weighted by Gasteiger charge is 2.20. The molecule has 3 rings (SSSR count). The number of phenolic OH excluding ortho intramolecular Hbond substituents is 1. The first-order valence-electron chi connectivity index (χ1n) is 7.54. The average Bonchev–Trinajstić information content (AvgIpc) is 3.12. The molecule has 25 heavy (non-hydrogen) atoms. The van der Waals surface area contributed by atoms with E-state index in [9.17, 15) is 9.90 Å². The molecule has 0 amide bonds. The summed E-state index contributed by atoms with van der Waals surface area (Å²) in [7, 11) is 1.59. The highest BCUT2D eigenvalue weighted by Crippen LogP contribution is 2.25. The van der Waals surface area contributed by atoms with Crippen molar-refractivity contribution in [1.82, 2.24) is 10.2 Å². The molecule has 0 bridgehead atoms. The molecule has 0 saturated carbocycles. The molecule has 0 aliphatic heterocycles. The number of hydrogen-bond acceptors (Lipinski definition) is 7. The summed E-state index contributed by atoms with van der Waals surface area (Å²) < 4.78 is 16.0. The second-order valence-electron chi connectivity index (χ2n) is 5.27. The molecule has 0 aliphatic carbocycles. The van der Waals surface area contributed by atoms with Crippen LogP contribution in [-0.4, -0.2) is 28.4 Å². The molecular weight excluding hydrogens is 324 g/mol. The van der Waals surface area contributed by atoms with Crippen molar-refractivity contribution in [2.24, 2.45) is 0 Å². The van der Waals surface area contributed by atoms with E-state index < -0.39 is 12.1 Å². The summed E-state index contributed by atoms with van der Waals surface area (Å²) in [6, 6.07) is 12.9. The zero-order valence-electron chi connectivity index (χ0n) is 13.7. The van der Waals surface area contributed by atoms with Crippen LogP contribution in [0.4, 0.5) is 0 Å². The minimum Gasteiger partial charge on any atom is -0.508 e. The second-order valence-corrected chi connectivity index (χ2v) is 5.27. The van der Waals surface area contributed by atoms with Crippen LogP contribution in [-0.2, 0) is 4.74 Å². The molecule has 128 valence electrons. The lowest BCUT2D eigenvalue weighted by atomic mass is 10.2. The lowest BCUT2D eigenvalue weighted by Crippen LogP contribution is -2.09. The first kappa shape index (κ1) is 16.5. The Morgan fingerprint density at radius 3 is 2.40 bits per heavy atom. The summed E-state index contributed by atoms with van der Waals surface area (Å²) >= 11 is 0. The van der Waals surface area contributed by atoms with E-state index in [-0.39, 0.29) is 11.6 Å². The van der Waals surface area contributed by atoms with Crippen molar-refractivity contribution >= 4 is 5.97 Å². The molecular formula is C18H16N2O5. The number of rotatable bonds is 5. The van der Waals surface area contributed by atoms with E-state index in [4.69, 9.17) is 13.9 Å². The summed E-state index contributed by atoms with van der Waals surface area (Å²) in [5.74, 6) is 0.769. The average molecular weight is 340 g/mol. The van der Waals surface area contributed by atoms with Crippen molar-refractivity contribution in [2.75, 3.05) is 7.11 Å². The number of esters is 1. The second kappa shape index (κ2) is 7.04. The molecule has 7 nitrogen and oxygen atoms in total. The first-order chi connectivity index (χ1) is 12.1. The van der Waals surface area contributed by atoms with Gasteiger partial charge in [-0.05, 0) is 55.5 Å². The maximum absolute atomic E-state index is 12.1. The molecule has 3 aromatic rings. The number of ether oxygens (including phenoxy) is 2. The van der Waals surface area contributed by atoms with Gasteiger partial charge in [-0.1, -0.05) is 0 Å². The SMILES string of the molecule is COc1ccc(-c2nnc(C(C)OC(=O)c3ccc(O)cc3)o2)cc1. The van der Waals surface area contributed by atoms with E-state index in [1.54, 1.807) is 38.3 Å². The van der Waals surface area contributed by atoms with Crippen LogP contribution in [0.5, 0.6) is 11.5 Å². The number of carbonyl (C=O) groups excluding carboxylic acids is 1. The largest absolute Gasteiger partial charge is 0.508 e. The van der Waals surface area contributed by atoms with Crippen molar-refractivity contribution in [3.05, 3.63) is 60.0 Å². The van der Waals surface area contributed by atoms with Gasteiger partial charge in [0.1, 0.15) is 11.5 Å². The number of carbonyl (C=O) groups is 1. The van der Waals surface area contributed by atoms with E-state index in [0.29, 0.717) is 11.5 Å². The van der Waals surface area contributed by atoms with Crippen LogP contribution < -0.4 is 4.74 Å². The van der Waals surface area contributed by atoms with Gasteiger partial charge in [0.25, 0.3) is 5.89 Å². The van der Waals surface area contributed by atoms with Gasteiger partial charge in [-0.25, -0.2) is 4.79 Å². The Hall–Kier alpha value is -3.35. The summed E-state index contributed by atoms with van der Waals surface area (Å²) in [6.45, 7) is 1.64. The fourth-order valence-corrected chi connectivity index (χ4v) is 2.13. The number of phenols is 1. The van der Waals surface area contributed by atoms with E-state index in [1.807, 2.05) is 0 Å². The first-order valence-corrected chi connectivity index (χ1v) is 7.54. The zero-order chi connectivity index (χ0) is 17.8. The standard InChI is InChI=1S/C18H16N2O5/c1-11(24-18(22)13-3-7-14(21)8-4-13)16-19-20-17(25-16)12-5-9-15(23-2)10-6-12/h3-11,21H,1-2H3. The van der Waals surface area contributed by atoms with Gasteiger partial charge in [-0.3, -0.25) is 0 Å². The Morgan fingerprint density at radius 1 is 1.08 bits per heavy atom. The normalized spacial score (nSPS) is 11.8. The van der Waals surface area contributed by atoms with E-state index in [0.717, 1.165) is 11.3 Å². The number of aromatic hydroxyl groups is 1. The number of nitrogens with zero attached hydrogens (tertiary/aromatic N) is 2. The lowest BCUT2D eigenvalue weighted by Gasteiger charge is -2.09. The van der Waals surface area contributed by atoms with Crippen molar-refractivity contribution in [2.45, 2.75) is 13.0 Å². The van der Waals surface area contributed by atoms with Gasteiger partial charge >= 0.3 is 5.97 Å². The molecule has 1 N–H and O–H groups in total. The summed E-state index contributed by atoms with van der Waals surface area (Å²) in [5.41, 5.74) is 1.05. The molecule has 0 saturated heterocycles. The fourth-order valence-electron chi connectivity index (χ4n) is 2.13. The van der Waals surface area contributed by atoms with Crippen LogP contribution in [0.25, 0.3) is 11.5 Å². The van der Waals surface area contributed by atoms with Crippen molar-refractivity contribution < 1.29 is 23.8 Å². The Labute approximate surface area is 143 Å². The van der Waals surface area contributed by atoms with Gasteiger partial charge < -0.3 is 19.0 Å². The molecule has 1 heterocycles. The van der Waals surface area contributed by atoms with Crippen LogP contribution in [0.1, 0.15) is 29.3 Å². The van der Waals surface area contributed by atoms with Crippen molar-refractivity contribution in [1.29, 1.82) is 0 Å². The van der Waals surface area contributed by atoms with E-state index in [2.05, 4.69) is 10.2 Å². The molecule has 1 unspecified atom stereocenters. The zero-order valence-corrected chi connectivity index (χ0v) is 13.7. The van der Waals surface area contributed by atoms with E-state index in [1.165, 1.54) is 24.3 Å². The van der Waals surface area contributed by atoms with Gasteiger partial charge in [0.05, 0.1) is 12.7 Å². The molecule has 2 aromatic carbocycles. The number of aromatic nitrogens is 2.